The third-order valence-corrected chi connectivity index (χ3v) is 2.51. The molecule has 1 aromatic carbocycles. The van der Waals surface area contributed by atoms with Gasteiger partial charge in [0.15, 0.2) is 11.5 Å². The maximum absolute atomic E-state index is 5.61. The highest BCUT2D eigenvalue weighted by molar-refractivity contribution is 5.88. The molecule has 0 spiro atoms. The summed E-state index contributed by atoms with van der Waals surface area (Å²) in [5.41, 5.74) is 1.97. The predicted molar refractivity (Wildman–Crippen MR) is 57.5 cm³/mol. The minimum absolute atomic E-state index is 0.611. The topological polar surface area (TPSA) is 31.4 Å². The molecule has 1 aliphatic heterocycles. The van der Waals surface area contributed by atoms with E-state index < -0.39 is 0 Å². The molecule has 15 heavy (non-hydrogen) atoms. The molecule has 0 unspecified atom stereocenters. The lowest BCUT2D eigenvalue weighted by Gasteiger charge is -2.19. The first-order valence-electron chi connectivity index (χ1n) is 5.00. The summed E-state index contributed by atoms with van der Waals surface area (Å²) in [7, 11) is 0. The van der Waals surface area contributed by atoms with E-state index in [1.54, 1.807) is 0 Å². The van der Waals surface area contributed by atoms with Crippen LogP contribution in [0.3, 0.4) is 0 Å². The fraction of sp³-hybridized carbons (Fsp3) is 0.250. The number of aromatic nitrogens is 1. The van der Waals surface area contributed by atoms with Crippen LogP contribution in [0, 0.1) is 6.92 Å². The van der Waals surface area contributed by atoms with Gasteiger partial charge in [-0.2, -0.15) is 0 Å². The molecule has 0 saturated carbocycles. The Hall–Kier alpha value is -1.77. The molecule has 3 heteroatoms. The zero-order chi connectivity index (χ0) is 10.3. The normalized spacial score (nSPS) is 14.2. The van der Waals surface area contributed by atoms with Gasteiger partial charge in [0.25, 0.3) is 0 Å². The van der Waals surface area contributed by atoms with Gasteiger partial charge >= 0.3 is 0 Å². The van der Waals surface area contributed by atoms with Crippen molar-refractivity contribution < 1.29 is 9.47 Å². The van der Waals surface area contributed by atoms with Crippen molar-refractivity contribution in [3.63, 3.8) is 0 Å². The number of benzene rings is 1. The van der Waals surface area contributed by atoms with Gasteiger partial charge in [-0.15, -0.1) is 0 Å². The lowest BCUT2D eigenvalue weighted by molar-refractivity contribution is 0.174. The van der Waals surface area contributed by atoms with E-state index >= 15 is 0 Å². The summed E-state index contributed by atoms with van der Waals surface area (Å²) in [5, 5.41) is 1.03. The minimum Gasteiger partial charge on any atom is -0.486 e. The lowest BCUT2D eigenvalue weighted by atomic mass is 10.1. The molecule has 2 heterocycles. The molecule has 1 aromatic heterocycles. The molecule has 3 nitrogen and oxygen atoms in total. The first kappa shape index (κ1) is 8.53. The predicted octanol–water partition coefficient (Wildman–Crippen LogP) is 2.31. The molecule has 1 aliphatic rings. The van der Waals surface area contributed by atoms with Gasteiger partial charge in [-0.1, -0.05) is 0 Å². The maximum atomic E-state index is 5.61. The fourth-order valence-corrected chi connectivity index (χ4v) is 1.82. The van der Waals surface area contributed by atoms with Crippen LogP contribution in [0.15, 0.2) is 24.3 Å². The SMILES string of the molecule is Cc1ccc2c3c(ccc2n1)OCCO3. The van der Waals surface area contributed by atoms with E-state index in [4.69, 9.17) is 9.47 Å². The van der Waals surface area contributed by atoms with Gasteiger partial charge in [0.05, 0.1) is 5.52 Å². The number of fused-ring (bicyclic) bond motifs is 3. The van der Waals surface area contributed by atoms with E-state index in [1.165, 1.54) is 0 Å². The Kier molecular flexibility index (Phi) is 1.78. The summed E-state index contributed by atoms with van der Waals surface area (Å²) in [6.07, 6.45) is 0. The van der Waals surface area contributed by atoms with Crippen molar-refractivity contribution in [2.45, 2.75) is 6.92 Å². The molecular formula is C12H11NO2. The molecule has 76 valence electrons. The second kappa shape index (κ2) is 3.12. The third-order valence-electron chi connectivity index (χ3n) is 2.51. The van der Waals surface area contributed by atoms with Gasteiger partial charge in [-0.05, 0) is 31.2 Å². The van der Waals surface area contributed by atoms with Crippen molar-refractivity contribution in [1.82, 2.24) is 4.98 Å². The number of ether oxygens (including phenoxy) is 2. The highest BCUT2D eigenvalue weighted by Gasteiger charge is 2.14. The molecule has 0 radical (unpaired) electrons. The van der Waals surface area contributed by atoms with E-state index in [9.17, 15) is 0 Å². The maximum Gasteiger partial charge on any atom is 0.170 e. The Morgan fingerprint density at radius 2 is 1.93 bits per heavy atom. The molecule has 0 saturated heterocycles. The van der Waals surface area contributed by atoms with Gasteiger partial charge in [0.1, 0.15) is 13.2 Å². The van der Waals surface area contributed by atoms with Crippen LogP contribution in [0.4, 0.5) is 0 Å². The lowest BCUT2D eigenvalue weighted by Crippen LogP contribution is -2.15. The molecule has 0 fully saturated rings. The Labute approximate surface area is 87.6 Å². The van der Waals surface area contributed by atoms with Crippen LogP contribution in [-0.2, 0) is 0 Å². The van der Waals surface area contributed by atoms with Crippen molar-refractivity contribution in [3.05, 3.63) is 30.0 Å². The number of hydrogen-bond acceptors (Lipinski definition) is 3. The number of nitrogens with zero attached hydrogens (tertiary/aromatic N) is 1. The molecular weight excluding hydrogens is 190 g/mol. The van der Waals surface area contributed by atoms with Gasteiger partial charge in [-0.3, -0.25) is 4.98 Å². The molecule has 0 aliphatic carbocycles. The Morgan fingerprint density at radius 1 is 1.07 bits per heavy atom. The average Bonchev–Trinajstić information content (AvgIpc) is 2.28. The van der Waals surface area contributed by atoms with Crippen LogP contribution in [0.5, 0.6) is 11.5 Å². The Balaban J connectivity index is 2.32. The quantitative estimate of drug-likeness (QED) is 0.655. The van der Waals surface area contributed by atoms with E-state index in [0.717, 1.165) is 28.1 Å². The van der Waals surface area contributed by atoms with E-state index in [0.29, 0.717) is 13.2 Å². The molecule has 0 N–H and O–H groups in total. The van der Waals surface area contributed by atoms with Gasteiger partial charge in [0, 0.05) is 11.1 Å². The van der Waals surface area contributed by atoms with Gasteiger partial charge < -0.3 is 9.47 Å². The molecule has 0 bridgehead atoms. The monoisotopic (exact) mass is 201 g/mol. The smallest absolute Gasteiger partial charge is 0.170 e. The van der Waals surface area contributed by atoms with Gasteiger partial charge in [0.2, 0.25) is 0 Å². The molecule has 0 amide bonds. The van der Waals surface area contributed by atoms with Crippen molar-refractivity contribution in [2.24, 2.45) is 0 Å². The second-order valence-electron chi connectivity index (χ2n) is 3.61. The summed E-state index contributed by atoms with van der Waals surface area (Å²) in [5.74, 6) is 1.64. The van der Waals surface area contributed by atoms with E-state index in [2.05, 4.69) is 4.98 Å². The fourth-order valence-electron chi connectivity index (χ4n) is 1.82. The molecule has 2 aromatic rings. The largest absolute Gasteiger partial charge is 0.486 e. The van der Waals surface area contributed by atoms with Crippen LogP contribution in [0.1, 0.15) is 5.69 Å². The van der Waals surface area contributed by atoms with Crippen LogP contribution < -0.4 is 9.47 Å². The van der Waals surface area contributed by atoms with Crippen molar-refractivity contribution in [3.8, 4) is 11.5 Å². The highest BCUT2D eigenvalue weighted by atomic mass is 16.6. The number of pyridine rings is 1. The summed E-state index contributed by atoms with van der Waals surface area (Å²) in [6.45, 7) is 3.22. The first-order chi connectivity index (χ1) is 7.34. The Morgan fingerprint density at radius 3 is 2.87 bits per heavy atom. The Bertz CT molecular complexity index is 522. The number of rotatable bonds is 0. The van der Waals surface area contributed by atoms with Crippen LogP contribution in [0.25, 0.3) is 10.9 Å². The van der Waals surface area contributed by atoms with E-state index in [-0.39, 0.29) is 0 Å². The van der Waals surface area contributed by atoms with Crippen LogP contribution in [0.2, 0.25) is 0 Å². The summed E-state index contributed by atoms with van der Waals surface area (Å²) in [4.78, 5) is 4.45. The number of hydrogen-bond donors (Lipinski definition) is 0. The van der Waals surface area contributed by atoms with E-state index in [1.807, 2.05) is 31.2 Å². The van der Waals surface area contributed by atoms with Crippen molar-refractivity contribution in [2.75, 3.05) is 13.2 Å². The van der Waals surface area contributed by atoms with Crippen LogP contribution >= 0.6 is 0 Å². The van der Waals surface area contributed by atoms with Gasteiger partial charge in [-0.25, -0.2) is 0 Å². The number of aryl methyl sites for hydroxylation is 1. The van der Waals surface area contributed by atoms with Crippen molar-refractivity contribution in [1.29, 1.82) is 0 Å². The van der Waals surface area contributed by atoms with Crippen LogP contribution in [-0.4, -0.2) is 18.2 Å². The molecule has 0 atom stereocenters. The minimum atomic E-state index is 0.611. The summed E-state index contributed by atoms with van der Waals surface area (Å²) >= 11 is 0. The zero-order valence-corrected chi connectivity index (χ0v) is 8.49. The summed E-state index contributed by atoms with van der Waals surface area (Å²) < 4.78 is 11.1. The second-order valence-corrected chi connectivity index (χ2v) is 3.61. The average molecular weight is 201 g/mol. The molecule has 3 rings (SSSR count). The third kappa shape index (κ3) is 1.31. The summed E-state index contributed by atoms with van der Waals surface area (Å²) in [6, 6.07) is 7.91. The van der Waals surface area contributed by atoms with Crippen molar-refractivity contribution >= 4 is 10.9 Å². The highest BCUT2D eigenvalue weighted by Crippen LogP contribution is 2.36. The first-order valence-corrected chi connectivity index (χ1v) is 5.00. The zero-order valence-electron chi connectivity index (χ0n) is 8.49. The standard InChI is InChI=1S/C12H11NO2/c1-8-2-3-9-10(13-8)4-5-11-12(9)15-7-6-14-11/h2-5H,6-7H2,1H3.